The highest BCUT2D eigenvalue weighted by Gasteiger charge is 2.07. The molecule has 0 amide bonds. The zero-order chi connectivity index (χ0) is 15.6. The van der Waals surface area contributed by atoms with Crippen LogP contribution in [0.3, 0.4) is 0 Å². The van der Waals surface area contributed by atoms with Gasteiger partial charge in [-0.15, -0.1) is 0 Å². The summed E-state index contributed by atoms with van der Waals surface area (Å²) in [5.41, 5.74) is 4.84. The zero-order valence-corrected chi connectivity index (χ0v) is 12.4. The molecule has 0 saturated carbocycles. The van der Waals surface area contributed by atoms with Crippen LogP contribution in [0.5, 0.6) is 0 Å². The molecule has 0 unspecified atom stereocenters. The fourth-order valence-corrected chi connectivity index (χ4v) is 2.60. The summed E-state index contributed by atoms with van der Waals surface area (Å²) in [7, 11) is 0. The van der Waals surface area contributed by atoms with Crippen molar-refractivity contribution in [2.45, 2.75) is 6.42 Å². The van der Waals surface area contributed by atoms with Gasteiger partial charge in [-0.05, 0) is 53.9 Å². The molecule has 2 nitrogen and oxygen atoms in total. The van der Waals surface area contributed by atoms with E-state index >= 15 is 0 Å². The predicted molar refractivity (Wildman–Crippen MR) is 88.7 cm³/mol. The van der Waals surface area contributed by atoms with E-state index in [9.17, 15) is 4.39 Å². The van der Waals surface area contributed by atoms with Crippen molar-refractivity contribution < 1.29 is 8.81 Å². The Morgan fingerprint density at radius 2 is 1.43 bits per heavy atom. The first-order valence-electron chi connectivity index (χ1n) is 7.47. The van der Waals surface area contributed by atoms with Crippen LogP contribution >= 0.6 is 0 Å². The van der Waals surface area contributed by atoms with Crippen LogP contribution in [0.15, 0.2) is 77.2 Å². The van der Waals surface area contributed by atoms with Gasteiger partial charge in [0.25, 0.3) is 0 Å². The van der Waals surface area contributed by atoms with E-state index in [0.29, 0.717) is 5.89 Å². The quantitative estimate of drug-likeness (QED) is 0.518. The summed E-state index contributed by atoms with van der Waals surface area (Å²) in [5, 5.41) is 0. The number of benzene rings is 3. The molecule has 0 aliphatic carbocycles. The summed E-state index contributed by atoms with van der Waals surface area (Å²) in [6.45, 7) is 0. The summed E-state index contributed by atoms with van der Waals surface area (Å²) in [5.74, 6) is 0.416. The summed E-state index contributed by atoms with van der Waals surface area (Å²) < 4.78 is 18.7. The molecule has 0 bridgehead atoms. The highest BCUT2D eigenvalue weighted by Crippen LogP contribution is 2.24. The van der Waals surface area contributed by atoms with Gasteiger partial charge in [-0.25, -0.2) is 9.37 Å². The second-order valence-electron chi connectivity index (χ2n) is 5.49. The highest BCUT2D eigenvalue weighted by atomic mass is 19.1. The Bertz CT molecular complexity index is 906. The third-order valence-electron chi connectivity index (χ3n) is 3.82. The zero-order valence-electron chi connectivity index (χ0n) is 12.4. The number of hydrogen-bond acceptors (Lipinski definition) is 2. The largest absolute Gasteiger partial charge is 0.436 e. The van der Waals surface area contributed by atoms with Crippen molar-refractivity contribution in [3.63, 3.8) is 0 Å². The molecule has 0 radical (unpaired) electrons. The summed E-state index contributed by atoms with van der Waals surface area (Å²) in [6.07, 6.45) is 0.772. The van der Waals surface area contributed by atoms with Gasteiger partial charge < -0.3 is 4.42 Å². The first-order chi connectivity index (χ1) is 11.3. The molecule has 0 spiro atoms. The molecule has 0 atom stereocenters. The summed E-state index contributed by atoms with van der Waals surface area (Å²) in [6, 6.07) is 22.4. The lowest BCUT2D eigenvalue weighted by molar-refractivity contribution is 0.620. The van der Waals surface area contributed by atoms with E-state index < -0.39 is 0 Å². The van der Waals surface area contributed by atoms with Crippen molar-refractivity contribution in [3.8, 4) is 11.5 Å². The minimum absolute atomic E-state index is 0.208. The Kier molecular flexibility index (Phi) is 3.39. The lowest BCUT2D eigenvalue weighted by atomic mass is 10.0. The molecule has 4 aromatic rings. The van der Waals surface area contributed by atoms with E-state index in [4.69, 9.17) is 4.42 Å². The van der Waals surface area contributed by atoms with Crippen molar-refractivity contribution in [1.29, 1.82) is 0 Å². The second kappa shape index (κ2) is 5.69. The summed E-state index contributed by atoms with van der Waals surface area (Å²) >= 11 is 0. The SMILES string of the molecule is Fc1ccc(Cc2ccc(-c3nc4ccccc4o3)cc2)cc1. The van der Waals surface area contributed by atoms with Crippen LogP contribution in [0.4, 0.5) is 4.39 Å². The smallest absolute Gasteiger partial charge is 0.227 e. The van der Waals surface area contributed by atoms with Crippen molar-refractivity contribution in [1.82, 2.24) is 4.98 Å². The molecule has 0 aliphatic rings. The van der Waals surface area contributed by atoms with E-state index in [1.165, 1.54) is 12.1 Å². The van der Waals surface area contributed by atoms with E-state index in [2.05, 4.69) is 4.98 Å². The molecule has 3 aromatic carbocycles. The Morgan fingerprint density at radius 3 is 2.13 bits per heavy atom. The number of halogens is 1. The Morgan fingerprint density at radius 1 is 0.783 bits per heavy atom. The highest BCUT2D eigenvalue weighted by molar-refractivity contribution is 5.75. The van der Waals surface area contributed by atoms with Crippen molar-refractivity contribution >= 4 is 11.1 Å². The first-order valence-corrected chi connectivity index (χ1v) is 7.47. The minimum atomic E-state index is -0.208. The number of para-hydroxylation sites is 2. The van der Waals surface area contributed by atoms with Crippen LogP contribution in [0.2, 0.25) is 0 Å². The molecular weight excluding hydrogens is 289 g/mol. The van der Waals surface area contributed by atoms with Crippen LogP contribution in [0.1, 0.15) is 11.1 Å². The number of fused-ring (bicyclic) bond motifs is 1. The third-order valence-corrected chi connectivity index (χ3v) is 3.82. The fraction of sp³-hybridized carbons (Fsp3) is 0.0500. The summed E-state index contributed by atoms with van der Waals surface area (Å²) in [4.78, 5) is 4.50. The van der Waals surface area contributed by atoms with Gasteiger partial charge in [0.15, 0.2) is 5.58 Å². The minimum Gasteiger partial charge on any atom is -0.436 e. The van der Waals surface area contributed by atoms with E-state index in [0.717, 1.165) is 34.2 Å². The van der Waals surface area contributed by atoms with Crippen LogP contribution in [0.25, 0.3) is 22.6 Å². The molecule has 0 fully saturated rings. The predicted octanol–water partition coefficient (Wildman–Crippen LogP) is 5.22. The number of hydrogen-bond donors (Lipinski definition) is 0. The van der Waals surface area contributed by atoms with Gasteiger partial charge in [-0.1, -0.05) is 36.4 Å². The number of rotatable bonds is 3. The lowest BCUT2D eigenvalue weighted by Crippen LogP contribution is -1.88. The Labute approximate surface area is 133 Å². The molecular formula is C20H14FNO. The van der Waals surface area contributed by atoms with Crippen molar-refractivity contribution in [2.75, 3.05) is 0 Å². The van der Waals surface area contributed by atoms with Gasteiger partial charge in [0, 0.05) is 5.56 Å². The van der Waals surface area contributed by atoms with E-state index in [-0.39, 0.29) is 5.82 Å². The molecule has 3 heteroatoms. The van der Waals surface area contributed by atoms with Gasteiger partial charge in [0.05, 0.1) is 0 Å². The molecule has 0 N–H and O–H groups in total. The number of oxazole rings is 1. The maximum Gasteiger partial charge on any atom is 0.227 e. The van der Waals surface area contributed by atoms with Gasteiger partial charge in [0.2, 0.25) is 5.89 Å². The monoisotopic (exact) mass is 303 g/mol. The number of nitrogens with zero attached hydrogens (tertiary/aromatic N) is 1. The standard InChI is InChI=1S/C20H14FNO/c21-17-11-7-15(8-12-17)13-14-5-9-16(10-6-14)20-22-18-3-1-2-4-19(18)23-20/h1-12H,13H2. The Hall–Kier alpha value is -2.94. The Balaban J connectivity index is 1.58. The van der Waals surface area contributed by atoms with Crippen molar-refractivity contribution in [2.24, 2.45) is 0 Å². The normalized spacial score (nSPS) is 11.0. The van der Waals surface area contributed by atoms with E-state index in [1.54, 1.807) is 0 Å². The topological polar surface area (TPSA) is 26.0 Å². The maximum atomic E-state index is 12.9. The molecule has 112 valence electrons. The lowest BCUT2D eigenvalue weighted by Gasteiger charge is -2.03. The number of aromatic nitrogens is 1. The van der Waals surface area contributed by atoms with Crippen LogP contribution in [-0.4, -0.2) is 4.98 Å². The van der Waals surface area contributed by atoms with Gasteiger partial charge >= 0.3 is 0 Å². The van der Waals surface area contributed by atoms with Gasteiger partial charge in [-0.3, -0.25) is 0 Å². The average molecular weight is 303 g/mol. The molecule has 0 aliphatic heterocycles. The first kappa shape index (κ1) is 13.7. The van der Waals surface area contributed by atoms with Crippen LogP contribution in [0, 0.1) is 5.82 Å². The van der Waals surface area contributed by atoms with Gasteiger partial charge in [0.1, 0.15) is 11.3 Å². The second-order valence-corrected chi connectivity index (χ2v) is 5.49. The maximum absolute atomic E-state index is 12.9. The third kappa shape index (κ3) is 2.86. The molecule has 1 aromatic heterocycles. The molecule has 23 heavy (non-hydrogen) atoms. The molecule has 0 saturated heterocycles. The van der Waals surface area contributed by atoms with Gasteiger partial charge in [-0.2, -0.15) is 0 Å². The van der Waals surface area contributed by atoms with Crippen molar-refractivity contribution in [3.05, 3.63) is 89.7 Å². The fourth-order valence-electron chi connectivity index (χ4n) is 2.60. The molecule has 4 rings (SSSR count). The van der Waals surface area contributed by atoms with E-state index in [1.807, 2.05) is 60.7 Å². The van der Waals surface area contributed by atoms with Crippen LogP contribution < -0.4 is 0 Å². The van der Waals surface area contributed by atoms with Crippen LogP contribution in [-0.2, 0) is 6.42 Å². The average Bonchev–Trinajstić information content (AvgIpc) is 3.02. The molecule has 1 heterocycles.